The Morgan fingerprint density at radius 3 is 2.29 bits per heavy atom. The first kappa shape index (κ1) is 12.4. The fourth-order valence-corrected chi connectivity index (χ4v) is 0.494. The molecule has 0 aromatic carbocycles. The molecule has 9 nitrogen and oxygen atoms in total. The molecule has 0 radical (unpaired) electrons. The summed E-state index contributed by atoms with van der Waals surface area (Å²) in [5.41, 5.74) is 10.4. The predicted octanol–water partition coefficient (Wildman–Crippen LogP) is -2.09. The van der Waals surface area contributed by atoms with Crippen LogP contribution in [0.25, 0.3) is 0 Å². The summed E-state index contributed by atoms with van der Waals surface area (Å²) in [6, 6.07) is 0. The highest BCUT2D eigenvalue weighted by atomic mass is 32.3. The molecule has 0 fully saturated rings. The second-order valence-electron chi connectivity index (χ2n) is 2.32. The first-order chi connectivity index (χ1) is 6.22. The number of hydrogen-bond acceptors (Lipinski definition) is 4. The largest absolute Gasteiger partial charge is 0.466 e. The summed E-state index contributed by atoms with van der Waals surface area (Å²) >= 11 is 0. The Hall–Kier alpha value is -1.55. The fraction of sp³-hybridized carbons (Fsp3) is 0.500. The monoisotopic (exact) mass is 225 g/mol. The molecule has 0 amide bonds. The van der Waals surface area contributed by atoms with Gasteiger partial charge in [0.2, 0.25) is 0 Å². The zero-order valence-electron chi connectivity index (χ0n) is 7.58. The quantitative estimate of drug-likeness (QED) is 0.211. The molecule has 0 saturated heterocycles. The van der Waals surface area contributed by atoms with E-state index in [9.17, 15) is 8.42 Å². The number of nitrogens with zero attached hydrogens (tertiary/aromatic N) is 3. The Labute approximate surface area is 81.0 Å². The van der Waals surface area contributed by atoms with E-state index in [4.69, 9.17) is 16.0 Å². The molecule has 0 atom stereocenters. The van der Waals surface area contributed by atoms with E-state index in [2.05, 4.69) is 14.4 Å². The van der Waals surface area contributed by atoms with Crippen LogP contribution in [0, 0.1) is 0 Å². The summed E-state index contributed by atoms with van der Waals surface area (Å²) in [5.74, 6) is -0.529. The van der Waals surface area contributed by atoms with E-state index in [1.165, 1.54) is 4.90 Å². The topological polar surface area (TPSA) is 144 Å². The Bertz CT molecular complexity index is 345. The minimum atomic E-state index is -4.67. The molecule has 0 spiro atoms. The lowest BCUT2D eigenvalue weighted by molar-refractivity contribution is 0.281. The van der Waals surface area contributed by atoms with Crippen molar-refractivity contribution in [3.05, 3.63) is 0 Å². The van der Waals surface area contributed by atoms with E-state index in [1.807, 2.05) is 0 Å². The summed E-state index contributed by atoms with van der Waals surface area (Å²) < 4.78 is 31.8. The van der Waals surface area contributed by atoms with Crippen molar-refractivity contribution in [3.8, 4) is 0 Å². The lowest BCUT2D eigenvalue weighted by Crippen LogP contribution is -2.32. The van der Waals surface area contributed by atoms with Crippen molar-refractivity contribution >= 4 is 22.3 Å². The number of aliphatic imine (C=N–C) groups is 1. The van der Waals surface area contributed by atoms with Gasteiger partial charge in [-0.25, -0.2) is 4.28 Å². The smallest absolute Gasteiger partial charge is 0.369 e. The molecule has 0 aliphatic rings. The van der Waals surface area contributed by atoms with Gasteiger partial charge in [-0.3, -0.25) is 4.55 Å². The van der Waals surface area contributed by atoms with Crippen LogP contribution < -0.4 is 11.5 Å². The van der Waals surface area contributed by atoms with Crippen LogP contribution in [0.5, 0.6) is 0 Å². The van der Waals surface area contributed by atoms with Gasteiger partial charge in [-0.15, -0.1) is 0 Å². The number of rotatable bonds is 2. The van der Waals surface area contributed by atoms with Gasteiger partial charge < -0.3 is 16.4 Å². The van der Waals surface area contributed by atoms with Gasteiger partial charge in [0.1, 0.15) is 0 Å². The van der Waals surface area contributed by atoms with Crippen LogP contribution in [0.4, 0.5) is 0 Å². The van der Waals surface area contributed by atoms with Crippen molar-refractivity contribution in [3.63, 3.8) is 0 Å². The Kier molecular flexibility index (Phi) is 4.11. The number of hydrogen-bond donors (Lipinski definition) is 3. The lowest BCUT2D eigenvalue weighted by atomic mass is 10.8. The molecule has 5 N–H and O–H groups in total. The Morgan fingerprint density at radius 1 is 1.43 bits per heavy atom. The standard InChI is InChI=1S/C4H11N5O4S/c1-9(2)4(6)7-3(5)8-13-14(10,11)12/h1-2H3,(H,10,11,12)(H4,5,6,7,8). The number of nitrogens with two attached hydrogens (primary N) is 2. The maximum absolute atomic E-state index is 10.0. The minimum Gasteiger partial charge on any atom is -0.369 e. The third kappa shape index (κ3) is 6.02. The second kappa shape index (κ2) is 4.62. The molecule has 0 saturated carbocycles. The van der Waals surface area contributed by atoms with Gasteiger partial charge in [-0.05, 0) is 5.16 Å². The van der Waals surface area contributed by atoms with Crippen molar-refractivity contribution in [1.82, 2.24) is 4.90 Å². The molecule has 82 valence electrons. The first-order valence-corrected chi connectivity index (χ1v) is 4.60. The number of guanidine groups is 2. The maximum atomic E-state index is 10.0. The van der Waals surface area contributed by atoms with E-state index in [0.29, 0.717) is 0 Å². The van der Waals surface area contributed by atoms with E-state index in [0.717, 1.165) is 0 Å². The summed E-state index contributed by atoms with van der Waals surface area (Å²) in [6.45, 7) is 0. The minimum absolute atomic E-state index is 0.00480. The summed E-state index contributed by atoms with van der Waals surface area (Å²) in [6.07, 6.45) is 0. The summed E-state index contributed by atoms with van der Waals surface area (Å²) in [7, 11) is -1.48. The van der Waals surface area contributed by atoms with Gasteiger partial charge in [0.05, 0.1) is 0 Å². The van der Waals surface area contributed by atoms with Crippen LogP contribution in [0.3, 0.4) is 0 Å². The predicted molar refractivity (Wildman–Crippen MR) is 49.6 cm³/mol. The zero-order valence-corrected chi connectivity index (χ0v) is 8.39. The van der Waals surface area contributed by atoms with Crippen LogP contribution in [0.1, 0.15) is 0 Å². The molecule has 0 bridgehead atoms. The molecule has 0 aromatic rings. The van der Waals surface area contributed by atoms with Crippen LogP contribution >= 0.6 is 0 Å². The molecule has 10 heteroatoms. The molecule has 14 heavy (non-hydrogen) atoms. The molecule has 0 heterocycles. The summed E-state index contributed by atoms with van der Waals surface area (Å²) in [5, 5.41) is 2.78. The van der Waals surface area contributed by atoms with Crippen LogP contribution in [-0.2, 0) is 14.7 Å². The molecule has 0 unspecified atom stereocenters. The highest BCUT2D eigenvalue weighted by Crippen LogP contribution is 1.87. The molecule has 0 rings (SSSR count). The first-order valence-electron chi connectivity index (χ1n) is 3.23. The SMILES string of the molecule is CN(C)/C(N)=N/C(N)=N/OS(=O)(=O)O. The van der Waals surface area contributed by atoms with E-state index in [-0.39, 0.29) is 5.96 Å². The van der Waals surface area contributed by atoms with Crippen molar-refractivity contribution < 1.29 is 17.3 Å². The number of oxime groups is 1. The van der Waals surface area contributed by atoms with Gasteiger partial charge in [-0.1, -0.05) is 0 Å². The van der Waals surface area contributed by atoms with Crippen molar-refractivity contribution in [1.29, 1.82) is 0 Å². The Balaban J connectivity index is 4.49. The van der Waals surface area contributed by atoms with Gasteiger partial charge in [0.15, 0.2) is 5.96 Å². The van der Waals surface area contributed by atoms with Gasteiger partial charge in [0, 0.05) is 14.1 Å². The van der Waals surface area contributed by atoms with Crippen molar-refractivity contribution in [2.24, 2.45) is 21.6 Å². The van der Waals surface area contributed by atoms with Crippen LogP contribution in [0.15, 0.2) is 10.1 Å². The highest BCUT2D eigenvalue weighted by Gasteiger charge is 2.03. The van der Waals surface area contributed by atoms with Gasteiger partial charge >= 0.3 is 10.4 Å². The average Bonchev–Trinajstić information content (AvgIpc) is 1.99. The third-order valence-corrected chi connectivity index (χ3v) is 1.18. The molecule has 0 aliphatic heterocycles. The average molecular weight is 225 g/mol. The fourth-order valence-electron chi connectivity index (χ4n) is 0.323. The van der Waals surface area contributed by atoms with Gasteiger partial charge in [-0.2, -0.15) is 13.4 Å². The summed E-state index contributed by atoms with van der Waals surface area (Å²) in [4.78, 5) is 4.84. The van der Waals surface area contributed by atoms with Crippen LogP contribution in [0.2, 0.25) is 0 Å². The van der Waals surface area contributed by atoms with E-state index in [1.54, 1.807) is 14.1 Å². The van der Waals surface area contributed by atoms with Gasteiger partial charge in [0.25, 0.3) is 5.96 Å². The van der Waals surface area contributed by atoms with Crippen molar-refractivity contribution in [2.75, 3.05) is 14.1 Å². The molecule has 0 aliphatic carbocycles. The normalized spacial score (nSPS) is 13.9. The molecular formula is C4H11N5O4S. The third-order valence-electron chi connectivity index (χ3n) is 0.912. The highest BCUT2D eigenvalue weighted by molar-refractivity contribution is 7.80. The van der Waals surface area contributed by atoms with E-state index < -0.39 is 16.4 Å². The molecule has 0 aromatic heterocycles. The van der Waals surface area contributed by atoms with Crippen molar-refractivity contribution in [2.45, 2.75) is 0 Å². The van der Waals surface area contributed by atoms with E-state index >= 15 is 0 Å². The zero-order chi connectivity index (χ0) is 11.4. The second-order valence-corrected chi connectivity index (χ2v) is 3.32. The lowest BCUT2D eigenvalue weighted by Gasteiger charge is -2.09. The maximum Gasteiger partial charge on any atom is 0.466 e. The van der Waals surface area contributed by atoms with Crippen LogP contribution in [-0.4, -0.2) is 43.9 Å². The molecular weight excluding hydrogens is 214 g/mol. The Morgan fingerprint density at radius 2 is 1.93 bits per heavy atom.